The van der Waals surface area contributed by atoms with E-state index >= 15 is 0 Å². The molecule has 1 fully saturated rings. The first kappa shape index (κ1) is 28.8. The molecular formula is C27H32F3N3O5. The summed E-state index contributed by atoms with van der Waals surface area (Å²) in [6.07, 6.45) is 0.0611. The third-order valence-electron chi connectivity index (χ3n) is 6.73. The molecule has 0 heterocycles. The number of halogens is 3. The van der Waals surface area contributed by atoms with E-state index in [1.807, 2.05) is 0 Å². The summed E-state index contributed by atoms with van der Waals surface area (Å²) in [5.74, 6) is -0.963. The molecule has 1 unspecified atom stereocenters. The van der Waals surface area contributed by atoms with Gasteiger partial charge in [-0.25, -0.2) is 4.79 Å². The maximum Gasteiger partial charge on any atom is 0.573 e. The van der Waals surface area contributed by atoms with Crippen LogP contribution >= 0.6 is 0 Å². The Bertz CT molecular complexity index is 1080. The fourth-order valence-electron chi connectivity index (χ4n) is 4.68. The highest BCUT2D eigenvalue weighted by molar-refractivity contribution is 5.94. The van der Waals surface area contributed by atoms with Crippen molar-refractivity contribution < 1.29 is 37.4 Å². The minimum Gasteiger partial charge on any atom is -0.481 e. The highest BCUT2D eigenvalue weighted by Gasteiger charge is 2.31. The molecule has 38 heavy (non-hydrogen) atoms. The quantitative estimate of drug-likeness (QED) is 0.304. The molecule has 0 bridgehead atoms. The van der Waals surface area contributed by atoms with Gasteiger partial charge in [-0.3, -0.25) is 9.59 Å². The van der Waals surface area contributed by atoms with Crippen LogP contribution in [-0.2, 0) is 4.79 Å². The fourth-order valence-corrected chi connectivity index (χ4v) is 4.68. The summed E-state index contributed by atoms with van der Waals surface area (Å²) in [6.45, 7) is 2.18. The second-order valence-electron chi connectivity index (χ2n) is 9.36. The van der Waals surface area contributed by atoms with Gasteiger partial charge in [-0.05, 0) is 66.6 Å². The average Bonchev–Trinajstić information content (AvgIpc) is 2.87. The largest absolute Gasteiger partial charge is 0.573 e. The van der Waals surface area contributed by atoms with Crippen molar-refractivity contribution in [1.82, 2.24) is 10.6 Å². The maximum absolute atomic E-state index is 12.9. The standard InChI is InChI=1S/C27H32F3N3O5/c1-2-17-3-5-18(6-4-17)24(19-7-9-20(10-8-19)25(36)31-16-15-23(34)35)33-26(37)32-21-11-13-22(14-12-21)38-27(28,29)30/h7-14,17-18,24H,2-6,15-16H2,1H3,(H,31,36)(H,34,35)(H2,32,33,37). The number of amides is 3. The number of benzene rings is 2. The lowest BCUT2D eigenvalue weighted by atomic mass is 9.76. The summed E-state index contributed by atoms with van der Waals surface area (Å²) >= 11 is 0. The van der Waals surface area contributed by atoms with Crippen LogP contribution in [0, 0.1) is 11.8 Å². The number of hydrogen-bond acceptors (Lipinski definition) is 4. The number of urea groups is 1. The number of ether oxygens (including phenoxy) is 1. The molecule has 3 amide bonds. The number of anilines is 1. The zero-order valence-corrected chi connectivity index (χ0v) is 21.0. The van der Waals surface area contributed by atoms with Crippen LogP contribution in [0.15, 0.2) is 48.5 Å². The van der Waals surface area contributed by atoms with Gasteiger partial charge in [-0.15, -0.1) is 13.2 Å². The normalized spacial score (nSPS) is 18.2. The lowest BCUT2D eigenvalue weighted by Gasteiger charge is -2.34. The van der Waals surface area contributed by atoms with Crippen LogP contribution in [-0.4, -0.2) is 35.9 Å². The van der Waals surface area contributed by atoms with E-state index in [2.05, 4.69) is 27.6 Å². The van der Waals surface area contributed by atoms with E-state index in [1.165, 1.54) is 12.1 Å². The van der Waals surface area contributed by atoms with Gasteiger partial charge in [0.15, 0.2) is 0 Å². The Labute approximate surface area is 218 Å². The molecule has 0 aliphatic heterocycles. The predicted molar refractivity (Wildman–Crippen MR) is 135 cm³/mol. The number of carboxylic acids is 1. The zero-order chi connectivity index (χ0) is 27.7. The van der Waals surface area contributed by atoms with Crippen LogP contribution in [0.4, 0.5) is 23.7 Å². The molecule has 2 aromatic rings. The topological polar surface area (TPSA) is 117 Å². The molecule has 4 N–H and O–H groups in total. The van der Waals surface area contributed by atoms with Crippen molar-refractivity contribution in [2.75, 3.05) is 11.9 Å². The van der Waals surface area contributed by atoms with E-state index in [1.54, 1.807) is 24.3 Å². The average molecular weight is 536 g/mol. The molecular weight excluding hydrogens is 503 g/mol. The summed E-state index contributed by atoms with van der Waals surface area (Å²) < 4.78 is 41.0. The second-order valence-corrected chi connectivity index (χ2v) is 9.36. The lowest BCUT2D eigenvalue weighted by molar-refractivity contribution is -0.274. The summed E-state index contributed by atoms with van der Waals surface area (Å²) in [5, 5.41) is 16.9. The summed E-state index contributed by atoms with van der Waals surface area (Å²) in [4.78, 5) is 35.8. The third-order valence-corrected chi connectivity index (χ3v) is 6.73. The van der Waals surface area contributed by atoms with Gasteiger partial charge in [0.2, 0.25) is 0 Å². The molecule has 1 aliphatic rings. The monoisotopic (exact) mass is 535 g/mol. The number of carbonyl (C=O) groups is 3. The number of alkyl halides is 3. The molecule has 0 saturated heterocycles. The number of hydrogen-bond donors (Lipinski definition) is 4. The van der Waals surface area contributed by atoms with Gasteiger partial charge >= 0.3 is 18.4 Å². The van der Waals surface area contributed by atoms with Gasteiger partial charge in [0.05, 0.1) is 12.5 Å². The van der Waals surface area contributed by atoms with Gasteiger partial charge in [-0.2, -0.15) is 0 Å². The van der Waals surface area contributed by atoms with E-state index in [-0.39, 0.29) is 36.6 Å². The van der Waals surface area contributed by atoms with E-state index in [0.717, 1.165) is 49.8 Å². The number of nitrogens with one attached hydrogen (secondary N) is 3. The first-order chi connectivity index (χ1) is 18.0. The van der Waals surface area contributed by atoms with Gasteiger partial charge in [0.1, 0.15) is 5.75 Å². The van der Waals surface area contributed by atoms with Crippen LogP contribution < -0.4 is 20.7 Å². The molecule has 1 saturated carbocycles. The van der Waals surface area contributed by atoms with Crippen molar-refractivity contribution in [3.63, 3.8) is 0 Å². The van der Waals surface area contributed by atoms with Gasteiger partial charge in [-0.1, -0.05) is 38.3 Å². The van der Waals surface area contributed by atoms with Gasteiger partial charge in [0.25, 0.3) is 5.91 Å². The van der Waals surface area contributed by atoms with Crippen molar-refractivity contribution in [2.45, 2.75) is 57.9 Å². The Morgan fingerprint density at radius 2 is 1.63 bits per heavy atom. The Morgan fingerprint density at radius 1 is 1.00 bits per heavy atom. The van der Waals surface area contributed by atoms with E-state index in [9.17, 15) is 27.6 Å². The van der Waals surface area contributed by atoms with E-state index in [4.69, 9.17) is 5.11 Å². The molecule has 0 aromatic heterocycles. The number of carbonyl (C=O) groups excluding carboxylic acids is 2. The lowest BCUT2D eigenvalue weighted by Crippen LogP contribution is -2.37. The first-order valence-electron chi connectivity index (χ1n) is 12.6. The van der Waals surface area contributed by atoms with E-state index < -0.39 is 18.4 Å². The number of aliphatic carboxylic acids is 1. The van der Waals surface area contributed by atoms with Crippen LogP contribution in [0.1, 0.15) is 67.4 Å². The van der Waals surface area contributed by atoms with Crippen LogP contribution in [0.25, 0.3) is 0 Å². The van der Waals surface area contributed by atoms with Crippen molar-refractivity contribution in [2.24, 2.45) is 11.8 Å². The van der Waals surface area contributed by atoms with Crippen molar-refractivity contribution in [3.8, 4) is 5.75 Å². The fraction of sp³-hybridized carbons (Fsp3) is 0.444. The predicted octanol–water partition coefficient (Wildman–Crippen LogP) is 5.87. The number of rotatable bonds is 10. The summed E-state index contributed by atoms with van der Waals surface area (Å²) in [6, 6.07) is 10.8. The summed E-state index contributed by atoms with van der Waals surface area (Å²) in [5.41, 5.74) is 1.49. The second kappa shape index (κ2) is 13.2. The molecule has 2 aromatic carbocycles. The van der Waals surface area contributed by atoms with E-state index in [0.29, 0.717) is 17.2 Å². The Kier molecular flexibility index (Phi) is 9.98. The molecule has 1 atom stereocenters. The van der Waals surface area contributed by atoms with Crippen molar-refractivity contribution in [1.29, 1.82) is 0 Å². The molecule has 11 heteroatoms. The minimum atomic E-state index is -4.80. The molecule has 0 spiro atoms. The molecule has 8 nitrogen and oxygen atoms in total. The SMILES string of the molecule is CCC1CCC(C(NC(=O)Nc2ccc(OC(F)(F)F)cc2)c2ccc(C(=O)NCCC(=O)O)cc2)CC1. The zero-order valence-electron chi connectivity index (χ0n) is 21.0. The van der Waals surface area contributed by atoms with Gasteiger partial charge < -0.3 is 25.8 Å². The van der Waals surface area contributed by atoms with Gasteiger partial charge in [0, 0.05) is 17.8 Å². The Hall–Kier alpha value is -3.76. The molecule has 0 radical (unpaired) electrons. The van der Waals surface area contributed by atoms with Crippen molar-refractivity contribution in [3.05, 3.63) is 59.7 Å². The third kappa shape index (κ3) is 8.97. The van der Waals surface area contributed by atoms with Crippen LogP contribution in [0.2, 0.25) is 0 Å². The first-order valence-corrected chi connectivity index (χ1v) is 12.6. The highest BCUT2D eigenvalue weighted by Crippen LogP contribution is 2.38. The van der Waals surface area contributed by atoms with Crippen LogP contribution in [0.5, 0.6) is 5.75 Å². The number of carboxylic acid groups (broad SMARTS) is 1. The molecule has 3 rings (SSSR count). The van der Waals surface area contributed by atoms with Crippen LogP contribution in [0.3, 0.4) is 0 Å². The molecule has 1 aliphatic carbocycles. The van der Waals surface area contributed by atoms with Crippen molar-refractivity contribution >= 4 is 23.6 Å². The summed E-state index contributed by atoms with van der Waals surface area (Å²) in [7, 11) is 0. The minimum absolute atomic E-state index is 0.0181. The Morgan fingerprint density at radius 3 is 2.18 bits per heavy atom. The maximum atomic E-state index is 12.9. The molecule has 206 valence electrons. The highest BCUT2D eigenvalue weighted by atomic mass is 19.4. The Balaban J connectivity index is 1.69. The smallest absolute Gasteiger partial charge is 0.481 e.